The molecule has 0 spiro atoms. The van der Waals surface area contributed by atoms with Gasteiger partial charge in [0.1, 0.15) is 17.3 Å². The number of nitrogens with one attached hydrogen (secondary N) is 1. The molecule has 0 aliphatic rings. The van der Waals surface area contributed by atoms with Crippen molar-refractivity contribution in [2.24, 2.45) is 0 Å². The summed E-state index contributed by atoms with van der Waals surface area (Å²) in [4.78, 5) is 21.2. The number of anilines is 1. The lowest BCUT2D eigenvalue weighted by Gasteiger charge is -2.09. The molecule has 28 heavy (non-hydrogen) atoms. The van der Waals surface area contributed by atoms with E-state index in [4.69, 9.17) is 4.74 Å². The van der Waals surface area contributed by atoms with Gasteiger partial charge in [-0.25, -0.2) is 14.4 Å². The lowest BCUT2D eigenvalue weighted by molar-refractivity contribution is 0.102. The number of nitrogens with zero attached hydrogens (tertiary/aromatic N) is 2. The van der Waals surface area contributed by atoms with Gasteiger partial charge in [-0.1, -0.05) is 23.9 Å². The molecule has 0 aliphatic heterocycles. The zero-order valence-electron chi connectivity index (χ0n) is 15.0. The van der Waals surface area contributed by atoms with Crippen molar-refractivity contribution < 1.29 is 13.9 Å². The topological polar surface area (TPSA) is 64.1 Å². The number of rotatable bonds is 7. The number of benzene rings is 2. The highest BCUT2D eigenvalue weighted by atomic mass is 79.9. The quantitative estimate of drug-likeness (QED) is 0.380. The number of thioether (sulfide) groups is 1. The van der Waals surface area contributed by atoms with Crippen LogP contribution in [0.2, 0.25) is 0 Å². The summed E-state index contributed by atoms with van der Waals surface area (Å²) in [6.45, 7) is 2.49. The Morgan fingerprint density at radius 1 is 1.18 bits per heavy atom. The number of hydrogen-bond acceptors (Lipinski definition) is 5. The van der Waals surface area contributed by atoms with Crippen LogP contribution in [0.1, 0.15) is 23.0 Å². The van der Waals surface area contributed by atoms with Gasteiger partial charge >= 0.3 is 0 Å². The molecular weight excluding hydrogens is 445 g/mol. The van der Waals surface area contributed by atoms with Crippen LogP contribution in [0.3, 0.4) is 0 Å². The second kappa shape index (κ2) is 9.66. The summed E-state index contributed by atoms with van der Waals surface area (Å²) in [7, 11) is 0. The van der Waals surface area contributed by atoms with Crippen molar-refractivity contribution in [1.82, 2.24) is 9.97 Å². The van der Waals surface area contributed by atoms with Crippen molar-refractivity contribution in [3.05, 3.63) is 76.3 Å². The fourth-order valence-corrected chi connectivity index (χ4v) is 3.44. The third-order valence-electron chi connectivity index (χ3n) is 3.64. The molecular formula is C20H17BrFN3O2S. The first-order valence-corrected chi connectivity index (χ1v) is 10.3. The van der Waals surface area contributed by atoms with Crippen LogP contribution in [-0.2, 0) is 5.75 Å². The van der Waals surface area contributed by atoms with E-state index in [0.29, 0.717) is 27.7 Å². The minimum absolute atomic E-state index is 0.241. The Hall–Kier alpha value is -2.45. The highest BCUT2D eigenvalue weighted by Crippen LogP contribution is 2.23. The van der Waals surface area contributed by atoms with Crippen LogP contribution in [0.15, 0.2) is 64.4 Å². The van der Waals surface area contributed by atoms with E-state index in [2.05, 4.69) is 31.2 Å². The van der Waals surface area contributed by atoms with E-state index in [1.165, 1.54) is 23.9 Å². The molecule has 0 aliphatic carbocycles. The second-order valence-electron chi connectivity index (χ2n) is 5.68. The van der Waals surface area contributed by atoms with E-state index >= 15 is 0 Å². The van der Waals surface area contributed by atoms with Gasteiger partial charge in [-0.2, -0.15) is 0 Å². The van der Waals surface area contributed by atoms with E-state index in [1.54, 1.807) is 42.6 Å². The number of carbonyl (C=O) groups is 1. The minimum Gasteiger partial charge on any atom is -0.494 e. The average molecular weight is 462 g/mol. The van der Waals surface area contributed by atoms with E-state index in [-0.39, 0.29) is 17.4 Å². The normalized spacial score (nSPS) is 10.5. The maximum absolute atomic E-state index is 13.0. The fraction of sp³-hybridized carbons (Fsp3) is 0.150. The molecule has 0 atom stereocenters. The molecule has 1 heterocycles. The molecule has 2 aromatic carbocycles. The molecule has 8 heteroatoms. The molecule has 3 rings (SSSR count). The van der Waals surface area contributed by atoms with Crippen LogP contribution in [0.25, 0.3) is 0 Å². The minimum atomic E-state index is -0.345. The molecule has 5 nitrogen and oxygen atoms in total. The Kier molecular flexibility index (Phi) is 7.00. The summed E-state index contributed by atoms with van der Waals surface area (Å²) in [6.07, 6.45) is 1.55. The van der Waals surface area contributed by atoms with Crippen LogP contribution in [0.5, 0.6) is 5.75 Å². The van der Waals surface area contributed by atoms with Gasteiger partial charge in [0.25, 0.3) is 5.91 Å². The molecule has 3 aromatic rings. The molecule has 0 saturated heterocycles. The van der Waals surface area contributed by atoms with Gasteiger partial charge in [-0.05, 0) is 64.8 Å². The zero-order valence-corrected chi connectivity index (χ0v) is 17.4. The lowest BCUT2D eigenvalue weighted by atomic mass is 10.2. The zero-order chi connectivity index (χ0) is 19.9. The standard InChI is InChI=1S/C20H17BrFN3O2S/c1-2-27-16-9-7-15(8-10-16)24-19(26)18-17(21)11-23-20(25-18)28-12-13-3-5-14(22)6-4-13/h3-11H,2,12H2,1H3,(H,24,26). The Labute approximate surface area is 174 Å². The molecule has 0 bridgehead atoms. The highest BCUT2D eigenvalue weighted by Gasteiger charge is 2.15. The first-order chi connectivity index (χ1) is 13.5. The van der Waals surface area contributed by atoms with Crippen LogP contribution in [-0.4, -0.2) is 22.5 Å². The SMILES string of the molecule is CCOc1ccc(NC(=O)c2nc(SCc3ccc(F)cc3)ncc2Br)cc1. The summed E-state index contributed by atoms with van der Waals surface area (Å²) in [5.41, 5.74) is 1.82. The maximum atomic E-state index is 13.0. The van der Waals surface area contributed by atoms with Gasteiger partial charge in [0.15, 0.2) is 5.16 Å². The summed E-state index contributed by atoms with van der Waals surface area (Å²) >= 11 is 4.70. The second-order valence-corrected chi connectivity index (χ2v) is 7.47. The molecule has 0 radical (unpaired) electrons. The third kappa shape index (κ3) is 5.53. The Morgan fingerprint density at radius 3 is 2.57 bits per heavy atom. The van der Waals surface area contributed by atoms with Crippen LogP contribution in [0, 0.1) is 5.82 Å². The smallest absolute Gasteiger partial charge is 0.275 e. The first kappa shape index (κ1) is 20.3. The maximum Gasteiger partial charge on any atom is 0.275 e. The molecule has 1 amide bonds. The predicted molar refractivity (Wildman–Crippen MR) is 111 cm³/mol. The van der Waals surface area contributed by atoms with Gasteiger partial charge in [0.05, 0.1) is 11.1 Å². The van der Waals surface area contributed by atoms with Crippen molar-refractivity contribution in [2.75, 3.05) is 11.9 Å². The number of ether oxygens (including phenoxy) is 1. The first-order valence-electron chi connectivity index (χ1n) is 8.49. The Morgan fingerprint density at radius 2 is 1.89 bits per heavy atom. The molecule has 0 fully saturated rings. The van der Waals surface area contributed by atoms with Crippen molar-refractivity contribution >= 4 is 39.3 Å². The molecule has 0 saturated carbocycles. The number of carbonyl (C=O) groups excluding carboxylic acids is 1. The number of hydrogen-bond donors (Lipinski definition) is 1. The Bertz CT molecular complexity index is 953. The summed E-state index contributed by atoms with van der Waals surface area (Å²) in [6, 6.07) is 13.4. The van der Waals surface area contributed by atoms with Crippen molar-refractivity contribution in [2.45, 2.75) is 17.8 Å². The van der Waals surface area contributed by atoms with Crippen LogP contribution in [0.4, 0.5) is 10.1 Å². The molecule has 1 N–H and O–H groups in total. The van der Waals surface area contributed by atoms with Gasteiger partial charge < -0.3 is 10.1 Å². The molecule has 144 valence electrons. The van der Waals surface area contributed by atoms with Gasteiger partial charge in [-0.3, -0.25) is 4.79 Å². The molecule has 0 unspecified atom stereocenters. The summed E-state index contributed by atoms with van der Waals surface area (Å²) in [5.74, 6) is 0.689. The van der Waals surface area contributed by atoms with E-state index < -0.39 is 0 Å². The monoisotopic (exact) mass is 461 g/mol. The van der Waals surface area contributed by atoms with Crippen molar-refractivity contribution in [3.63, 3.8) is 0 Å². The fourth-order valence-electron chi connectivity index (χ4n) is 2.30. The number of aromatic nitrogens is 2. The number of halogens is 2. The van der Waals surface area contributed by atoms with E-state index in [1.807, 2.05) is 6.92 Å². The summed E-state index contributed by atoms with van der Waals surface area (Å²) < 4.78 is 18.9. The van der Waals surface area contributed by atoms with E-state index in [0.717, 1.165) is 11.3 Å². The van der Waals surface area contributed by atoms with Crippen LogP contribution < -0.4 is 10.1 Å². The lowest BCUT2D eigenvalue weighted by Crippen LogP contribution is -2.15. The summed E-state index contributed by atoms with van der Waals surface area (Å²) in [5, 5.41) is 3.27. The largest absolute Gasteiger partial charge is 0.494 e. The average Bonchev–Trinajstić information content (AvgIpc) is 2.70. The van der Waals surface area contributed by atoms with Gasteiger partial charge in [0.2, 0.25) is 0 Å². The Balaban J connectivity index is 1.67. The van der Waals surface area contributed by atoms with Crippen molar-refractivity contribution in [1.29, 1.82) is 0 Å². The van der Waals surface area contributed by atoms with E-state index in [9.17, 15) is 9.18 Å². The van der Waals surface area contributed by atoms with Gasteiger partial charge in [0, 0.05) is 17.6 Å². The predicted octanol–water partition coefficient (Wildman–Crippen LogP) is 5.32. The van der Waals surface area contributed by atoms with Crippen LogP contribution >= 0.6 is 27.7 Å². The highest BCUT2D eigenvalue weighted by molar-refractivity contribution is 9.10. The van der Waals surface area contributed by atoms with Crippen molar-refractivity contribution in [3.8, 4) is 5.75 Å². The van der Waals surface area contributed by atoms with Gasteiger partial charge in [-0.15, -0.1) is 0 Å². The number of amides is 1. The third-order valence-corrected chi connectivity index (χ3v) is 5.15. The molecule has 1 aromatic heterocycles.